The van der Waals surface area contributed by atoms with Crippen LogP contribution in [0.25, 0.3) is 0 Å². The van der Waals surface area contributed by atoms with Crippen LogP contribution in [-0.2, 0) is 14.6 Å². The molecule has 162 valence electrons. The maximum absolute atomic E-state index is 12.7. The topological polar surface area (TPSA) is 119 Å². The summed E-state index contributed by atoms with van der Waals surface area (Å²) in [5.41, 5.74) is 1.07. The lowest BCUT2D eigenvalue weighted by atomic mass is 9.89. The predicted molar refractivity (Wildman–Crippen MR) is 111 cm³/mol. The van der Waals surface area contributed by atoms with Crippen molar-refractivity contribution in [2.24, 2.45) is 5.92 Å². The van der Waals surface area contributed by atoms with Crippen molar-refractivity contribution in [1.29, 1.82) is 5.26 Å². The van der Waals surface area contributed by atoms with E-state index in [0.717, 1.165) is 31.2 Å². The van der Waals surface area contributed by atoms with Crippen molar-refractivity contribution in [1.82, 2.24) is 15.5 Å². The first-order valence-electron chi connectivity index (χ1n) is 10.3. The van der Waals surface area contributed by atoms with Gasteiger partial charge in [0.15, 0.2) is 9.84 Å². The first-order chi connectivity index (χ1) is 14.3. The monoisotopic (exact) mass is 432 g/mol. The molecule has 1 saturated carbocycles. The molecule has 1 aliphatic carbocycles. The molecule has 0 spiro atoms. The molecule has 1 unspecified atom stereocenters. The number of hydrogen-bond donors (Lipinski definition) is 2. The molecule has 1 saturated heterocycles. The van der Waals surface area contributed by atoms with Gasteiger partial charge in [0, 0.05) is 19.3 Å². The fourth-order valence-electron chi connectivity index (χ4n) is 3.81. The van der Waals surface area contributed by atoms with Crippen LogP contribution in [0, 0.1) is 17.2 Å². The van der Waals surface area contributed by atoms with E-state index in [4.69, 9.17) is 5.26 Å². The van der Waals surface area contributed by atoms with Crippen molar-refractivity contribution in [3.8, 4) is 6.07 Å². The highest BCUT2D eigenvalue weighted by atomic mass is 32.2. The highest BCUT2D eigenvalue weighted by Gasteiger charge is 2.32. The van der Waals surface area contributed by atoms with Gasteiger partial charge in [0.2, 0.25) is 5.91 Å². The fourth-order valence-corrected chi connectivity index (χ4v) is 4.44. The molecule has 2 aliphatic rings. The second kappa shape index (κ2) is 9.47. The Kier molecular flexibility index (Phi) is 6.98. The third-order valence-corrected chi connectivity index (χ3v) is 6.91. The van der Waals surface area contributed by atoms with Gasteiger partial charge in [0.05, 0.1) is 11.0 Å². The average molecular weight is 433 g/mol. The van der Waals surface area contributed by atoms with Crippen LogP contribution in [-0.4, -0.2) is 57.2 Å². The number of benzene rings is 1. The van der Waals surface area contributed by atoms with Crippen LogP contribution in [0.5, 0.6) is 0 Å². The van der Waals surface area contributed by atoms with Gasteiger partial charge in [-0.2, -0.15) is 5.26 Å². The maximum atomic E-state index is 12.7. The first-order valence-corrected chi connectivity index (χ1v) is 12.2. The lowest BCUT2D eigenvalue weighted by Crippen LogP contribution is -2.52. The molecule has 1 atom stereocenters. The summed E-state index contributed by atoms with van der Waals surface area (Å²) < 4.78 is 23.2. The van der Waals surface area contributed by atoms with Gasteiger partial charge in [-0.3, -0.25) is 4.79 Å². The Hall–Kier alpha value is -2.60. The molecule has 1 aromatic carbocycles. The highest BCUT2D eigenvalue weighted by molar-refractivity contribution is 7.90. The van der Waals surface area contributed by atoms with Crippen LogP contribution in [0.2, 0.25) is 0 Å². The Bertz CT molecular complexity index is 911. The SMILES string of the molecule is CS(=O)(=O)c1ccc(C2CCN(C(=O)NC(CC3CC3)C(=O)NCC#N)CC2)cc1. The molecule has 0 aromatic heterocycles. The number of nitriles is 1. The summed E-state index contributed by atoms with van der Waals surface area (Å²) >= 11 is 0. The number of rotatable bonds is 7. The lowest BCUT2D eigenvalue weighted by molar-refractivity contribution is -0.123. The molecule has 3 amide bonds. The molecule has 3 rings (SSSR count). The Labute approximate surface area is 177 Å². The molecule has 1 heterocycles. The zero-order valence-electron chi connectivity index (χ0n) is 17.1. The van der Waals surface area contributed by atoms with Crippen molar-refractivity contribution in [3.05, 3.63) is 29.8 Å². The summed E-state index contributed by atoms with van der Waals surface area (Å²) in [4.78, 5) is 27.0. The van der Waals surface area contributed by atoms with Crippen molar-refractivity contribution >= 4 is 21.8 Å². The van der Waals surface area contributed by atoms with Crippen LogP contribution in [0.4, 0.5) is 4.79 Å². The van der Waals surface area contributed by atoms with E-state index in [0.29, 0.717) is 30.3 Å². The number of urea groups is 1. The summed E-state index contributed by atoms with van der Waals surface area (Å²) in [6.07, 6.45) is 5.49. The quantitative estimate of drug-likeness (QED) is 0.637. The normalized spacial score (nSPS) is 18.3. The zero-order valence-corrected chi connectivity index (χ0v) is 18.0. The molecule has 1 aliphatic heterocycles. The molecular formula is C21H28N4O4S. The number of carbonyl (C=O) groups excluding carboxylic acids is 2. The number of hydrogen-bond acceptors (Lipinski definition) is 5. The second-order valence-electron chi connectivity index (χ2n) is 8.16. The Morgan fingerprint density at radius 1 is 1.17 bits per heavy atom. The number of nitrogens with one attached hydrogen (secondary N) is 2. The molecule has 8 nitrogen and oxygen atoms in total. The van der Waals surface area contributed by atoms with Gasteiger partial charge in [0.1, 0.15) is 12.6 Å². The molecule has 9 heteroatoms. The van der Waals surface area contributed by atoms with E-state index in [1.165, 1.54) is 6.26 Å². The van der Waals surface area contributed by atoms with E-state index >= 15 is 0 Å². The summed E-state index contributed by atoms with van der Waals surface area (Å²) in [6.45, 7) is 1.07. The van der Waals surface area contributed by atoms with Crippen molar-refractivity contribution in [3.63, 3.8) is 0 Å². The van der Waals surface area contributed by atoms with E-state index in [-0.39, 0.29) is 24.4 Å². The van der Waals surface area contributed by atoms with Gasteiger partial charge in [-0.1, -0.05) is 25.0 Å². The number of carbonyl (C=O) groups is 2. The minimum atomic E-state index is -3.21. The van der Waals surface area contributed by atoms with E-state index in [1.54, 1.807) is 17.0 Å². The van der Waals surface area contributed by atoms with Gasteiger partial charge in [-0.15, -0.1) is 0 Å². The van der Waals surface area contributed by atoms with Crippen LogP contribution in [0.15, 0.2) is 29.2 Å². The Balaban J connectivity index is 1.53. The number of piperidine rings is 1. The third-order valence-electron chi connectivity index (χ3n) is 5.78. The van der Waals surface area contributed by atoms with Gasteiger partial charge in [0.25, 0.3) is 0 Å². The standard InChI is InChI=1S/C21H28N4O4S/c1-30(28,29)18-6-4-16(5-7-18)17-8-12-25(13-9-17)21(27)24-19(14-15-2-3-15)20(26)23-11-10-22/h4-7,15,17,19H,2-3,8-9,11-14H2,1H3,(H,23,26)(H,24,27). The maximum Gasteiger partial charge on any atom is 0.318 e. The lowest BCUT2D eigenvalue weighted by Gasteiger charge is -2.33. The number of amides is 3. The van der Waals surface area contributed by atoms with Crippen molar-refractivity contribution in [2.45, 2.75) is 49.0 Å². The van der Waals surface area contributed by atoms with E-state index in [1.807, 2.05) is 18.2 Å². The van der Waals surface area contributed by atoms with Gasteiger partial charge < -0.3 is 15.5 Å². The van der Waals surface area contributed by atoms with Crippen LogP contribution in [0.1, 0.15) is 43.6 Å². The van der Waals surface area contributed by atoms with Crippen molar-refractivity contribution in [2.75, 3.05) is 25.9 Å². The highest BCUT2D eigenvalue weighted by Crippen LogP contribution is 2.34. The Morgan fingerprint density at radius 2 is 1.80 bits per heavy atom. The van der Waals surface area contributed by atoms with Gasteiger partial charge in [-0.25, -0.2) is 13.2 Å². The van der Waals surface area contributed by atoms with E-state index in [9.17, 15) is 18.0 Å². The third kappa shape index (κ3) is 5.95. The number of likely N-dealkylation sites (tertiary alicyclic amines) is 1. The molecule has 1 aromatic rings. The van der Waals surface area contributed by atoms with E-state index in [2.05, 4.69) is 10.6 Å². The van der Waals surface area contributed by atoms with Crippen LogP contribution in [0.3, 0.4) is 0 Å². The fraction of sp³-hybridized carbons (Fsp3) is 0.571. The molecule has 0 radical (unpaired) electrons. The van der Waals surface area contributed by atoms with Gasteiger partial charge >= 0.3 is 6.03 Å². The largest absolute Gasteiger partial charge is 0.341 e. The molecule has 0 bridgehead atoms. The molecule has 2 fully saturated rings. The van der Waals surface area contributed by atoms with E-state index < -0.39 is 15.9 Å². The summed E-state index contributed by atoms with van der Waals surface area (Å²) in [5, 5.41) is 14.0. The van der Waals surface area contributed by atoms with Crippen LogP contribution < -0.4 is 10.6 Å². The first kappa shape index (κ1) is 22.1. The summed E-state index contributed by atoms with van der Waals surface area (Å²) in [7, 11) is -3.21. The second-order valence-corrected chi connectivity index (χ2v) is 10.2. The molecule has 30 heavy (non-hydrogen) atoms. The molecular weight excluding hydrogens is 404 g/mol. The average Bonchev–Trinajstić information content (AvgIpc) is 3.55. The smallest absolute Gasteiger partial charge is 0.318 e. The molecule has 2 N–H and O–H groups in total. The minimum absolute atomic E-state index is 0.0701. The summed E-state index contributed by atoms with van der Waals surface area (Å²) in [5.74, 6) is 0.422. The van der Waals surface area contributed by atoms with Crippen LogP contribution >= 0.6 is 0 Å². The summed E-state index contributed by atoms with van der Waals surface area (Å²) in [6, 6.07) is 7.98. The zero-order chi connectivity index (χ0) is 21.7. The number of nitrogens with zero attached hydrogens (tertiary/aromatic N) is 2. The number of sulfone groups is 1. The Morgan fingerprint density at radius 3 is 2.33 bits per heavy atom. The van der Waals surface area contributed by atoms with Crippen molar-refractivity contribution < 1.29 is 18.0 Å². The van der Waals surface area contributed by atoms with Gasteiger partial charge in [-0.05, 0) is 48.8 Å². The minimum Gasteiger partial charge on any atom is -0.341 e. The predicted octanol–water partition coefficient (Wildman–Crippen LogP) is 1.79.